The van der Waals surface area contributed by atoms with Crippen molar-refractivity contribution >= 4 is 11.8 Å². The predicted molar refractivity (Wildman–Crippen MR) is 100 cm³/mol. The molecular formula is C20H31N3O4. The molecule has 2 aliphatic heterocycles. The number of likely N-dealkylation sites (tertiary alicyclic amines) is 2. The number of hydrogen-bond acceptors (Lipinski definition) is 5. The Morgan fingerprint density at radius 1 is 1.37 bits per heavy atom. The van der Waals surface area contributed by atoms with E-state index < -0.39 is 0 Å². The van der Waals surface area contributed by atoms with E-state index >= 15 is 0 Å². The van der Waals surface area contributed by atoms with Crippen LogP contribution >= 0.6 is 0 Å². The molecule has 3 rings (SSSR count). The van der Waals surface area contributed by atoms with Gasteiger partial charge in [-0.05, 0) is 31.6 Å². The molecule has 3 heterocycles. The van der Waals surface area contributed by atoms with Crippen molar-refractivity contribution in [2.75, 3.05) is 39.9 Å². The van der Waals surface area contributed by atoms with Crippen LogP contribution in [0.2, 0.25) is 0 Å². The lowest BCUT2D eigenvalue weighted by molar-refractivity contribution is -0.128. The Labute approximate surface area is 161 Å². The van der Waals surface area contributed by atoms with Gasteiger partial charge in [0.2, 0.25) is 11.7 Å². The Hall–Kier alpha value is -1.89. The minimum atomic E-state index is -0.0892. The van der Waals surface area contributed by atoms with Gasteiger partial charge in [-0.1, -0.05) is 19.0 Å². The van der Waals surface area contributed by atoms with Crippen LogP contribution in [-0.4, -0.2) is 66.7 Å². The summed E-state index contributed by atoms with van der Waals surface area (Å²) < 4.78 is 10.4. The van der Waals surface area contributed by atoms with Crippen LogP contribution < -0.4 is 0 Å². The molecule has 0 unspecified atom stereocenters. The highest BCUT2D eigenvalue weighted by Crippen LogP contribution is 2.41. The van der Waals surface area contributed by atoms with Gasteiger partial charge in [-0.3, -0.25) is 9.59 Å². The molecule has 27 heavy (non-hydrogen) atoms. The van der Waals surface area contributed by atoms with Gasteiger partial charge in [-0.15, -0.1) is 0 Å². The quantitative estimate of drug-likeness (QED) is 0.682. The molecule has 2 saturated heterocycles. The van der Waals surface area contributed by atoms with E-state index in [1.807, 2.05) is 9.80 Å². The van der Waals surface area contributed by atoms with Gasteiger partial charge in [0.1, 0.15) is 0 Å². The number of carbonyl (C=O) groups is 2. The number of nitrogens with zero attached hydrogens (tertiary/aromatic N) is 3. The number of methoxy groups -OCH3 is 1. The molecule has 1 spiro atoms. The van der Waals surface area contributed by atoms with Crippen LogP contribution in [0.3, 0.4) is 0 Å². The molecule has 2 amide bonds. The molecule has 0 atom stereocenters. The first-order valence-corrected chi connectivity index (χ1v) is 9.94. The number of piperidine rings is 1. The maximum Gasteiger partial charge on any atom is 0.292 e. The first-order valence-electron chi connectivity index (χ1n) is 9.94. The summed E-state index contributed by atoms with van der Waals surface area (Å²) in [7, 11) is 1.68. The van der Waals surface area contributed by atoms with Gasteiger partial charge in [0.25, 0.3) is 5.91 Å². The van der Waals surface area contributed by atoms with Crippen molar-refractivity contribution < 1.29 is 18.8 Å². The molecule has 150 valence electrons. The number of rotatable bonds is 7. The van der Waals surface area contributed by atoms with E-state index in [0.717, 1.165) is 44.5 Å². The summed E-state index contributed by atoms with van der Waals surface area (Å²) in [6.45, 7) is 7.79. The van der Waals surface area contributed by atoms with Crippen molar-refractivity contribution in [2.45, 2.75) is 46.0 Å². The van der Waals surface area contributed by atoms with Crippen molar-refractivity contribution in [1.82, 2.24) is 15.0 Å². The minimum absolute atomic E-state index is 0.0190. The van der Waals surface area contributed by atoms with Gasteiger partial charge in [0.05, 0.1) is 5.69 Å². The van der Waals surface area contributed by atoms with Crippen LogP contribution in [0.4, 0.5) is 0 Å². The van der Waals surface area contributed by atoms with Crippen LogP contribution in [0, 0.1) is 11.3 Å². The van der Waals surface area contributed by atoms with Gasteiger partial charge in [0, 0.05) is 57.8 Å². The van der Waals surface area contributed by atoms with Crippen molar-refractivity contribution in [3.63, 3.8) is 0 Å². The second kappa shape index (κ2) is 8.42. The lowest BCUT2D eigenvalue weighted by atomic mass is 9.77. The van der Waals surface area contributed by atoms with E-state index in [-0.39, 0.29) is 17.2 Å². The smallest absolute Gasteiger partial charge is 0.292 e. The van der Waals surface area contributed by atoms with Gasteiger partial charge in [-0.25, -0.2) is 0 Å². The molecule has 7 nitrogen and oxygen atoms in total. The van der Waals surface area contributed by atoms with Gasteiger partial charge >= 0.3 is 0 Å². The highest BCUT2D eigenvalue weighted by atomic mass is 16.5. The summed E-state index contributed by atoms with van der Waals surface area (Å²) in [6, 6.07) is 1.77. The van der Waals surface area contributed by atoms with Crippen LogP contribution in [-0.2, 0) is 16.0 Å². The van der Waals surface area contributed by atoms with Crippen LogP contribution in [0.1, 0.15) is 55.8 Å². The first-order chi connectivity index (χ1) is 12.9. The van der Waals surface area contributed by atoms with E-state index in [1.165, 1.54) is 0 Å². The second-order valence-corrected chi connectivity index (χ2v) is 8.41. The summed E-state index contributed by atoms with van der Waals surface area (Å²) in [6.07, 6.45) is 3.99. The Balaban J connectivity index is 1.53. The van der Waals surface area contributed by atoms with E-state index in [4.69, 9.17) is 9.26 Å². The molecular weight excluding hydrogens is 346 g/mol. The lowest BCUT2D eigenvalue weighted by Crippen LogP contribution is -2.44. The number of carbonyl (C=O) groups excluding carboxylic acids is 2. The third-order valence-corrected chi connectivity index (χ3v) is 5.68. The second-order valence-electron chi connectivity index (χ2n) is 8.41. The third kappa shape index (κ3) is 4.69. The SMILES string of the molecule is COCCCN1CC2(CCN(C(=O)c3cc(CC(C)C)no3)CC2)CC1=O. The topological polar surface area (TPSA) is 75.9 Å². The van der Waals surface area contributed by atoms with Crippen molar-refractivity contribution in [2.24, 2.45) is 11.3 Å². The van der Waals surface area contributed by atoms with E-state index in [0.29, 0.717) is 37.8 Å². The van der Waals surface area contributed by atoms with Crippen LogP contribution in [0.15, 0.2) is 10.6 Å². The standard InChI is InChI=1S/C20H31N3O4/c1-15(2)11-16-12-17(27-21-16)19(25)22-8-5-20(6-9-22)13-18(24)23(14-20)7-4-10-26-3/h12,15H,4-11,13-14H2,1-3H3. The predicted octanol–water partition coefficient (Wildman–Crippen LogP) is 2.36. The average molecular weight is 377 g/mol. The number of amides is 2. The molecule has 0 aromatic carbocycles. The third-order valence-electron chi connectivity index (χ3n) is 5.68. The van der Waals surface area contributed by atoms with E-state index in [1.54, 1.807) is 13.2 Å². The fraction of sp³-hybridized carbons (Fsp3) is 0.750. The van der Waals surface area contributed by atoms with Crippen molar-refractivity contribution in [1.29, 1.82) is 0 Å². The van der Waals surface area contributed by atoms with Gasteiger partial charge < -0.3 is 19.1 Å². The summed E-state index contributed by atoms with van der Waals surface area (Å²) in [4.78, 5) is 28.9. The summed E-state index contributed by atoms with van der Waals surface area (Å²) >= 11 is 0. The Bertz CT molecular complexity index is 662. The molecule has 7 heteroatoms. The highest BCUT2D eigenvalue weighted by molar-refractivity contribution is 5.91. The van der Waals surface area contributed by atoms with E-state index in [9.17, 15) is 9.59 Å². The maximum atomic E-state index is 12.7. The normalized spacial score (nSPS) is 19.5. The average Bonchev–Trinajstić information content (AvgIpc) is 3.20. The Morgan fingerprint density at radius 3 is 2.78 bits per heavy atom. The molecule has 0 radical (unpaired) electrons. The zero-order valence-corrected chi connectivity index (χ0v) is 16.7. The molecule has 0 saturated carbocycles. The molecule has 0 bridgehead atoms. The van der Waals surface area contributed by atoms with E-state index in [2.05, 4.69) is 19.0 Å². The lowest BCUT2D eigenvalue weighted by Gasteiger charge is -2.38. The van der Waals surface area contributed by atoms with Crippen molar-refractivity contribution in [3.8, 4) is 0 Å². The molecule has 0 N–H and O–H groups in total. The zero-order valence-electron chi connectivity index (χ0n) is 16.7. The number of hydrogen-bond donors (Lipinski definition) is 0. The molecule has 2 aliphatic rings. The Kier molecular flexibility index (Phi) is 6.19. The van der Waals surface area contributed by atoms with Crippen molar-refractivity contribution in [3.05, 3.63) is 17.5 Å². The monoisotopic (exact) mass is 377 g/mol. The number of ether oxygens (including phenoxy) is 1. The van der Waals surface area contributed by atoms with Crippen LogP contribution in [0.25, 0.3) is 0 Å². The van der Waals surface area contributed by atoms with Gasteiger partial charge in [0.15, 0.2) is 0 Å². The molecule has 0 aliphatic carbocycles. The van der Waals surface area contributed by atoms with Crippen LogP contribution in [0.5, 0.6) is 0 Å². The summed E-state index contributed by atoms with van der Waals surface area (Å²) in [5.41, 5.74) is 0.848. The highest BCUT2D eigenvalue weighted by Gasteiger charge is 2.45. The fourth-order valence-corrected chi connectivity index (χ4v) is 4.19. The first kappa shape index (κ1) is 19.9. The molecule has 2 fully saturated rings. The molecule has 1 aromatic heterocycles. The van der Waals surface area contributed by atoms with Gasteiger partial charge in [-0.2, -0.15) is 0 Å². The largest absolute Gasteiger partial charge is 0.385 e. The number of aromatic nitrogens is 1. The minimum Gasteiger partial charge on any atom is -0.385 e. The maximum absolute atomic E-state index is 12.7. The fourth-order valence-electron chi connectivity index (χ4n) is 4.19. The summed E-state index contributed by atoms with van der Waals surface area (Å²) in [5.74, 6) is 0.943. The zero-order chi connectivity index (χ0) is 19.4. The Morgan fingerprint density at radius 2 is 2.11 bits per heavy atom. The summed E-state index contributed by atoms with van der Waals surface area (Å²) in [5, 5.41) is 4.01. The molecule has 1 aromatic rings.